The second-order valence-corrected chi connectivity index (χ2v) is 4.27. The van der Waals surface area contributed by atoms with E-state index in [2.05, 4.69) is 4.99 Å². The molecule has 0 radical (unpaired) electrons. The van der Waals surface area contributed by atoms with Crippen molar-refractivity contribution >= 4 is 28.9 Å². The van der Waals surface area contributed by atoms with Gasteiger partial charge in [-0.1, -0.05) is 17.7 Å². The standard InChI is InChI=1S/C11H15ClN4/c1-15(2)8-4-3-5-9(10(8)12)16-7-6-14-11(16)13/h3-5H,6-7H2,1-2H3,(H2,13,14). The molecular formula is C11H15ClN4. The summed E-state index contributed by atoms with van der Waals surface area (Å²) < 4.78 is 0. The fourth-order valence-electron chi connectivity index (χ4n) is 1.77. The molecule has 0 fully saturated rings. The lowest BCUT2D eigenvalue weighted by Gasteiger charge is -2.22. The molecule has 2 N–H and O–H groups in total. The first-order valence-electron chi connectivity index (χ1n) is 5.14. The highest BCUT2D eigenvalue weighted by atomic mass is 35.5. The predicted octanol–water partition coefficient (Wildman–Crippen LogP) is 1.54. The molecule has 16 heavy (non-hydrogen) atoms. The lowest BCUT2D eigenvalue weighted by atomic mass is 10.2. The van der Waals surface area contributed by atoms with Crippen LogP contribution in [-0.2, 0) is 0 Å². The number of anilines is 2. The normalized spacial score (nSPS) is 15.2. The van der Waals surface area contributed by atoms with Crippen molar-refractivity contribution in [2.24, 2.45) is 10.7 Å². The highest BCUT2D eigenvalue weighted by Crippen LogP contribution is 2.34. The van der Waals surface area contributed by atoms with E-state index >= 15 is 0 Å². The number of aliphatic imine (C=N–C) groups is 1. The second-order valence-electron chi connectivity index (χ2n) is 3.90. The molecule has 0 bridgehead atoms. The molecular weight excluding hydrogens is 224 g/mol. The molecule has 0 aliphatic carbocycles. The van der Waals surface area contributed by atoms with Gasteiger partial charge < -0.3 is 15.5 Å². The van der Waals surface area contributed by atoms with E-state index in [9.17, 15) is 0 Å². The van der Waals surface area contributed by atoms with E-state index < -0.39 is 0 Å². The third-order valence-electron chi connectivity index (χ3n) is 2.60. The van der Waals surface area contributed by atoms with Crippen molar-refractivity contribution in [1.29, 1.82) is 0 Å². The summed E-state index contributed by atoms with van der Waals surface area (Å²) in [5.41, 5.74) is 7.72. The van der Waals surface area contributed by atoms with Crippen LogP contribution in [0.5, 0.6) is 0 Å². The van der Waals surface area contributed by atoms with Crippen molar-refractivity contribution in [2.75, 3.05) is 37.0 Å². The Morgan fingerprint density at radius 2 is 2.19 bits per heavy atom. The average Bonchev–Trinajstić information content (AvgIpc) is 2.64. The van der Waals surface area contributed by atoms with Gasteiger partial charge in [0.25, 0.3) is 0 Å². The molecule has 1 aromatic carbocycles. The summed E-state index contributed by atoms with van der Waals surface area (Å²) in [6.45, 7) is 1.52. The number of rotatable bonds is 2. The van der Waals surface area contributed by atoms with E-state index in [1.54, 1.807) is 0 Å². The lowest BCUT2D eigenvalue weighted by Crippen LogP contribution is -2.34. The van der Waals surface area contributed by atoms with Gasteiger partial charge in [0, 0.05) is 20.6 Å². The maximum atomic E-state index is 6.36. The average molecular weight is 239 g/mol. The fourth-order valence-corrected chi connectivity index (χ4v) is 2.17. The molecule has 1 aromatic rings. The van der Waals surface area contributed by atoms with Gasteiger partial charge in [-0.3, -0.25) is 4.99 Å². The predicted molar refractivity (Wildman–Crippen MR) is 69.6 cm³/mol. The molecule has 1 aliphatic rings. The summed E-state index contributed by atoms with van der Waals surface area (Å²) in [6.07, 6.45) is 0. The smallest absolute Gasteiger partial charge is 0.195 e. The Morgan fingerprint density at radius 3 is 2.75 bits per heavy atom. The van der Waals surface area contributed by atoms with Crippen LogP contribution in [0.4, 0.5) is 11.4 Å². The minimum absolute atomic E-state index is 0.540. The summed E-state index contributed by atoms with van der Waals surface area (Å²) in [5.74, 6) is 0.540. The maximum Gasteiger partial charge on any atom is 0.195 e. The van der Waals surface area contributed by atoms with Gasteiger partial charge in [-0.05, 0) is 12.1 Å². The molecule has 2 rings (SSSR count). The Kier molecular flexibility index (Phi) is 2.92. The summed E-state index contributed by atoms with van der Waals surface area (Å²) in [5, 5.41) is 0.715. The quantitative estimate of drug-likeness (QED) is 0.850. The van der Waals surface area contributed by atoms with Crippen molar-refractivity contribution in [1.82, 2.24) is 0 Å². The Bertz CT molecular complexity index is 428. The first kappa shape index (κ1) is 11.1. The molecule has 1 heterocycles. The molecule has 0 spiro atoms. The van der Waals surface area contributed by atoms with Gasteiger partial charge in [0.1, 0.15) is 0 Å². The summed E-state index contributed by atoms with van der Waals surface area (Å²) in [6, 6.07) is 5.92. The van der Waals surface area contributed by atoms with E-state index in [1.165, 1.54) is 0 Å². The van der Waals surface area contributed by atoms with Crippen LogP contribution in [0, 0.1) is 0 Å². The van der Waals surface area contributed by atoms with Crippen LogP contribution < -0.4 is 15.5 Å². The second kappa shape index (κ2) is 4.22. The lowest BCUT2D eigenvalue weighted by molar-refractivity contribution is 1.02. The van der Waals surface area contributed by atoms with Crippen LogP contribution in [0.3, 0.4) is 0 Å². The Hall–Kier alpha value is -1.42. The Morgan fingerprint density at radius 1 is 1.44 bits per heavy atom. The monoisotopic (exact) mass is 238 g/mol. The number of benzene rings is 1. The van der Waals surface area contributed by atoms with E-state index in [-0.39, 0.29) is 0 Å². The van der Waals surface area contributed by atoms with Crippen molar-refractivity contribution < 1.29 is 0 Å². The van der Waals surface area contributed by atoms with Crippen LogP contribution in [0.25, 0.3) is 0 Å². The SMILES string of the molecule is CN(C)c1cccc(N2CCN=C2N)c1Cl. The summed E-state index contributed by atoms with van der Waals surface area (Å²) >= 11 is 6.36. The van der Waals surface area contributed by atoms with Gasteiger partial charge in [-0.15, -0.1) is 0 Å². The molecule has 1 aliphatic heterocycles. The van der Waals surface area contributed by atoms with Crippen LogP contribution in [0.15, 0.2) is 23.2 Å². The van der Waals surface area contributed by atoms with Crippen molar-refractivity contribution in [3.05, 3.63) is 23.2 Å². The minimum Gasteiger partial charge on any atom is -0.376 e. The van der Waals surface area contributed by atoms with E-state index in [0.717, 1.165) is 24.5 Å². The molecule has 0 saturated carbocycles. The summed E-state index contributed by atoms with van der Waals surface area (Å²) in [7, 11) is 3.93. The topological polar surface area (TPSA) is 44.9 Å². The van der Waals surface area contributed by atoms with Crippen LogP contribution in [0.1, 0.15) is 0 Å². The van der Waals surface area contributed by atoms with Crippen molar-refractivity contribution in [3.8, 4) is 0 Å². The van der Waals surface area contributed by atoms with Gasteiger partial charge in [0.2, 0.25) is 0 Å². The third kappa shape index (κ3) is 1.80. The number of nitrogens with zero attached hydrogens (tertiary/aromatic N) is 3. The largest absolute Gasteiger partial charge is 0.376 e. The Balaban J connectivity index is 2.42. The van der Waals surface area contributed by atoms with Gasteiger partial charge >= 0.3 is 0 Å². The highest BCUT2D eigenvalue weighted by Gasteiger charge is 2.19. The van der Waals surface area contributed by atoms with Gasteiger partial charge in [-0.2, -0.15) is 0 Å². The zero-order valence-electron chi connectivity index (χ0n) is 9.44. The molecule has 5 heteroatoms. The molecule has 0 atom stereocenters. The van der Waals surface area contributed by atoms with Gasteiger partial charge in [-0.25, -0.2) is 0 Å². The van der Waals surface area contributed by atoms with Crippen LogP contribution in [-0.4, -0.2) is 33.1 Å². The first-order valence-corrected chi connectivity index (χ1v) is 5.52. The Labute approximate surface area is 100 Å². The van der Waals surface area contributed by atoms with E-state index in [0.29, 0.717) is 11.0 Å². The summed E-state index contributed by atoms with van der Waals surface area (Å²) in [4.78, 5) is 8.08. The van der Waals surface area contributed by atoms with Crippen molar-refractivity contribution in [3.63, 3.8) is 0 Å². The van der Waals surface area contributed by atoms with Crippen LogP contribution in [0.2, 0.25) is 5.02 Å². The molecule has 86 valence electrons. The van der Waals surface area contributed by atoms with Gasteiger partial charge in [0.15, 0.2) is 5.96 Å². The number of hydrogen-bond acceptors (Lipinski definition) is 4. The number of halogens is 1. The molecule has 0 amide bonds. The minimum atomic E-state index is 0.540. The number of hydrogen-bond donors (Lipinski definition) is 1. The van der Waals surface area contributed by atoms with E-state index in [4.69, 9.17) is 17.3 Å². The van der Waals surface area contributed by atoms with Gasteiger partial charge in [0.05, 0.1) is 22.9 Å². The molecule has 0 saturated heterocycles. The first-order chi connectivity index (χ1) is 7.61. The maximum absolute atomic E-state index is 6.36. The molecule has 0 aromatic heterocycles. The van der Waals surface area contributed by atoms with Crippen molar-refractivity contribution in [2.45, 2.75) is 0 Å². The molecule has 4 nitrogen and oxygen atoms in total. The zero-order chi connectivity index (χ0) is 11.7. The third-order valence-corrected chi connectivity index (χ3v) is 2.99. The van der Waals surface area contributed by atoms with E-state index in [1.807, 2.05) is 42.1 Å². The number of nitrogens with two attached hydrogens (primary N) is 1. The molecule has 0 unspecified atom stereocenters. The zero-order valence-corrected chi connectivity index (χ0v) is 10.2. The van der Waals surface area contributed by atoms with Crippen LogP contribution >= 0.6 is 11.6 Å². The number of guanidine groups is 1. The fraction of sp³-hybridized carbons (Fsp3) is 0.364. The highest BCUT2D eigenvalue weighted by molar-refractivity contribution is 6.36.